The quantitative estimate of drug-likeness (QED) is 0.912. The van der Waals surface area contributed by atoms with Crippen LogP contribution in [0.2, 0.25) is 0 Å². The Morgan fingerprint density at radius 1 is 1.10 bits per heavy atom. The van der Waals surface area contributed by atoms with Crippen molar-refractivity contribution in [3.05, 3.63) is 23.8 Å². The van der Waals surface area contributed by atoms with Crippen LogP contribution in [0.4, 0.5) is 0 Å². The molecule has 2 heterocycles. The van der Waals surface area contributed by atoms with Gasteiger partial charge < -0.3 is 19.5 Å². The summed E-state index contributed by atoms with van der Waals surface area (Å²) in [6.07, 6.45) is 3.98. The number of ether oxygens (including phenoxy) is 2. The third-order valence-corrected chi connectivity index (χ3v) is 4.10. The lowest BCUT2D eigenvalue weighted by Gasteiger charge is -2.29. The van der Waals surface area contributed by atoms with E-state index in [9.17, 15) is 5.11 Å². The molecule has 0 unspecified atom stereocenters. The molecule has 0 aliphatic carbocycles. The first-order chi connectivity index (χ1) is 9.81. The number of fused-ring (bicyclic) bond motifs is 1. The van der Waals surface area contributed by atoms with Crippen molar-refractivity contribution < 1.29 is 14.6 Å². The van der Waals surface area contributed by atoms with Gasteiger partial charge in [-0.25, -0.2) is 0 Å². The number of benzene rings is 1. The normalized spacial score (nSPS) is 20.1. The summed E-state index contributed by atoms with van der Waals surface area (Å²) in [5.74, 6) is 1.75. The number of aliphatic hydroxyl groups excluding tert-OH is 1. The average Bonchev–Trinajstić information content (AvgIpc) is 2.49. The molecule has 0 radical (unpaired) electrons. The number of likely N-dealkylation sites (tertiary alicyclic amines) is 1. The molecule has 0 bridgehead atoms. The number of piperidine rings is 1. The van der Waals surface area contributed by atoms with Crippen molar-refractivity contribution in [3.8, 4) is 11.5 Å². The molecule has 3 rings (SSSR count). The van der Waals surface area contributed by atoms with Crippen LogP contribution in [0.5, 0.6) is 11.5 Å². The van der Waals surface area contributed by atoms with Crippen LogP contribution in [-0.4, -0.2) is 49.0 Å². The smallest absolute Gasteiger partial charge is 0.161 e. The molecule has 0 saturated carbocycles. The van der Waals surface area contributed by atoms with Crippen molar-refractivity contribution in [3.63, 3.8) is 0 Å². The van der Waals surface area contributed by atoms with Gasteiger partial charge >= 0.3 is 0 Å². The standard InChI is InChI=1S/C16H23NO3/c18-14-5-8-17(9-6-14)7-1-2-13-3-4-15-16(12-13)20-11-10-19-15/h3-4,12,14,18H,1-2,5-11H2. The highest BCUT2D eigenvalue weighted by Gasteiger charge is 2.16. The van der Waals surface area contributed by atoms with Gasteiger partial charge in [0.1, 0.15) is 13.2 Å². The van der Waals surface area contributed by atoms with Gasteiger partial charge in [0.25, 0.3) is 0 Å². The zero-order valence-corrected chi connectivity index (χ0v) is 11.9. The van der Waals surface area contributed by atoms with Gasteiger partial charge in [-0.15, -0.1) is 0 Å². The minimum atomic E-state index is -0.0796. The minimum Gasteiger partial charge on any atom is -0.486 e. The van der Waals surface area contributed by atoms with Crippen LogP contribution in [0.3, 0.4) is 0 Å². The maximum atomic E-state index is 9.49. The van der Waals surface area contributed by atoms with E-state index in [2.05, 4.69) is 17.0 Å². The van der Waals surface area contributed by atoms with E-state index in [1.807, 2.05) is 6.07 Å². The summed E-state index contributed by atoms with van der Waals surface area (Å²) < 4.78 is 11.1. The SMILES string of the molecule is OC1CCN(CCCc2ccc3c(c2)OCCO3)CC1. The molecule has 1 saturated heterocycles. The van der Waals surface area contributed by atoms with Gasteiger partial charge in [-0.1, -0.05) is 6.07 Å². The molecule has 1 fully saturated rings. The van der Waals surface area contributed by atoms with E-state index in [1.165, 1.54) is 5.56 Å². The number of nitrogens with zero attached hydrogens (tertiary/aromatic N) is 1. The largest absolute Gasteiger partial charge is 0.486 e. The number of hydrogen-bond donors (Lipinski definition) is 1. The Balaban J connectivity index is 1.46. The highest BCUT2D eigenvalue weighted by Crippen LogP contribution is 2.31. The maximum Gasteiger partial charge on any atom is 0.161 e. The molecule has 1 aromatic rings. The average molecular weight is 277 g/mol. The van der Waals surface area contributed by atoms with Crippen LogP contribution in [-0.2, 0) is 6.42 Å². The fraction of sp³-hybridized carbons (Fsp3) is 0.625. The number of aryl methyl sites for hydroxylation is 1. The second kappa shape index (κ2) is 6.46. The number of hydrogen-bond acceptors (Lipinski definition) is 4. The highest BCUT2D eigenvalue weighted by molar-refractivity contribution is 5.43. The molecule has 4 heteroatoms. The molecular weight excluding hydrogens is 254 g/mol. The van der Waals surface area contributed by atoms with Crippen molar-refractivity contribution >= 4 is 0 Å². The second-order valence-corrected chi connectivity index (χ2v) is 5.65. The van der Waals surface area contributed by atoms with E-state index >= 15 is 0 Å². The minimum absolute atomic E-state index is 0.0796. The molecule has 110 valence electrons. The van der Waals surface area contributed by atoms with Gasteiger partial charge in [-0.05, 0) is 49.9 Å². The summed E-state index contributed by atoms with van der Waals surface area (Å²) in [5.41, 5.74) is 1.31. The first-order valence-electron chi connectivity index (χ1n) is 7.60. The first-order valence-corrected chi connectivity index (χ1v) is 7.60. The Hall–Kier alpha value is -1.26. The first kappa shape index (κ1) is 13.7. The third kappa shape index (κ3) is 3.44. The van der Waals surface area contributed by atoms with E-state index in [4.69, 9.17) is 9.47 Å². The molecule has 0 atom stereocenters. The summed E-state index contributed by atoms with van der Waals surface area (Å²) in [4.78, 5) is 2.45. The lowest BCUT2D eigenvalue weighted by Crippen LogP contribution is -2.36. The summed E-state index contributed by atoms with van der Waals surface area (Å²) >= 11 is 0. The molecule has 20 heavy (non-hydrogen) atoms. The Morgan fingerprint density at radius 2 is 1.85 bits per heavy atom. The van der Waals surface area contributed by atoms with Crippen molar-refractivity contribution in [2.75, 3.05) is 32.8 Å². The topological polar surface area (TPSA) is 41.9 Å². The van der Waals surface area contributed by atoms with E-state index in [0.29, 0.717) is 13.2 Å². The van der Waals surface area contributed by atoms with Crippen molar-refractivity contribution in [2.24, 2.45) is 0 Å². The van der Waals surface area contributed by atoms with Crippen LogP contribution in [0.1, 0.15) is 24.8 Å². The van der Waals surface area contributed by atoms with Crippen molar-refractivity contribution in [1.29, 1.82) is 0 Å². The summed E-state index contributed by atoms with van der Waals surface area (Å²) in [6.45, 7) is 4.46. The maximum absolute atomic E-state index is 9.49. The van der Waals surface area contributed by atoms with E-state index < -0.39 is 0 Å². The molecule has 1 N–H and O–H groups in total. The van der Waals surface area contributed by atoms with E-state index in [0.717, 1.165) is 56.8 Å². The molecule has 1 aromatic carbocycles. The molecule has 2 aliphatic rings. The Morgan fingerprint density at radius 3 is 2.65 bits per heavy atom. The van der Waals surface area contributed by atoms with Crippen LogP contribution in [0, 0.1) is 0 Å². The molecule has 0 amide bonds. The molecular formula is C16H23NO3. The van der Waals surface area contributed by atoms with Crippen LogP contribution in [0.25, 0.3) is 0 Å². The van der Waals surface area contributed by atoms with Gasteiger partial charge in [0.05, 0.1) is 6.10 Å². The fourth-order valence-electron chi connectivity index (χ4n) is 2.89. The summed E-state index contributed by atoms with van der Waals surface area (Å²) in [6, 6.07) is 6.25. The third-order valence-electron chi connectivity index (χ3n) is 4.10. The van der Waals surface area contributed by atoms with Gasteiger partial charge in [0, 0.05) is 13.1 Å². The van der Waals surface area contributed by atoms with Crippen LogP contribution in [0.15, 0.2) is 18.2 Å². The fourth-order valence-corrected chi connectivity index (χ4v) is 2.89. The van der Waals surface area contributed by atoms with Crippen LogP contribution < -0.4 is 9.47 Å². The summed E-state index contributed by atoms with van der Waals surface area (Å²) in [5, 5.41) is 9.49. The zero-order chi connectivity index (χ0) is 13.8. The zero-order valence-electron chi connectivity index (χ0n) is 11.9. The van der Waals surface area contributed by atoms with Crippen LogP contribution >= 0.6 is 0 Å². The molecule has 0 aromatic heterocycles. The van der Waals surface area contributed by atoms with E-state index in [-0.39, 0.29) is 6.10 Å². The van der Waals surface area contributed by atoms with Gasteiger partial charge in [-0.3, -0.25) is 0 Å². The van der Waals surface area contributed by atoms with E-state index in [1.54, 1.807) is 0 Å². The highest BCUT2D eigenvalue weighted by atomic mass is 16.6. The van der Waals surface area contributed by atoms with Gasteiger partial charge in [0.15, 0.2) is 11.5 Å². The predicted octanol–water partition coefficient (Wildman–Crippen LogP) is 1.85. The van der Waals surface area contributed by atoms with Gasteiger partial charge in [0.2, 0.25) is 0 Å². The lowest BCUT2D eigenvalue weighted by molar-refractivity contribution is 0.0821. The molecule has 4 nitrogen and oxygen atoms in total. The monoisotopic (exact) mass is 277 g/mol. The number of rotatable bonds is 4. The Kier molecular flexibility index (Phi) is 4.43. The van der Waals surface area contributed by atoms with Gasteiger partial charge in [-0.2, -0.15) is 0 Å². The van der Waals surface area contributed by atoms with Crippen molar-refractivity contribution in [2.45, 2.75) is 31.8 Å². The second-order valence-electron chi connectivity index (χ2n) is 5.65. The Bertz CT molecular complexity index is 441. The summed E-state index contributed by atoms with van der Waals surface area (Å²) in [7, 11) is 0. The number of aliphatic hydroxyl groups is 1. The van der Waals surface area contributed by atoms with Crippen molar-refractivity contribution in [1.82, 2.24) is 4.90 Å². The lowest BCUT2D eigenvalue weighted by atomic mass is 10.1. The Labute approximate surface area is 120 Å². The molecule has 0 spiro atoms. The molecule has 2 aliphatic heterocycles. The predicted molar refractivity (Wildman–Crippen MR) is 77.4 cm³/mol.